The quantitative estimate of drug-likeness (QED) is 0.536. The first-order valence-electron chi connectivity index (χ1n) is 10.5. The molecular formula is C23H28N4OS2. The number of piperazine rings is 1. The highest BCUT2D eigenvalue weighted by atomic mass is 32.2. The van der Waals surface area contributed by atoms with E-state index in [2.05, 4.69) is 52.4 Å². The first-order chi connectivity index (χ1) is 14.7. The molecule has 0 spiro atoms. The number of amides is 1. The minimum Gasteiger partial charge on any atom is -0.355 e. The smallest absolute Gasteiger partial charge is 0.220 e. The largest absolute Gasteiger partial charge is 0.355 e. The predicted molar refractivity (Wildman–Crippen MR) is 128 cm³/mol. The van der Waals surface area contributed by atoms with Gasteiger partial charge in [0.15, 0.2) is 5.13 Å². The van der Waals surface area contributed by atoms with E-state index in [4.69, 9.17) is 4.98 Å². The van der Waals surface area contributed by atoms with Gasteiger partial charge >= 0.3 is 0 Å². The van der Waals surface area contributed by atoms with Crippen LogP contribution in [0.2, 0.25) is 0 Å². The van der Waals surface area contributed by atoms with Crippen molar-refractivity contribution in [2.24, 2.45) is 0 Å². The first kappa shape index (κ1) is 21.2. The lowest BCUT2D eigenvalue weighted by Gasteiger charge is -2.34. The van der Waals surface area contributed by atoms with E-state index in [-0.39, 0.29) is 5.91 Å². The number of nitrogens with zero attached hydrogens (tertiary/aromatic N) is 3. The molecule has 7 heteroatoms. The number of aromatic nitrogens is 1. The van der Waals surface area contributed by atoms with Crippen LogP contribution in [0, 0.1) is 6.92 Å². The summed E-state index contributed by atoms with van der Waals surface area (Å²) < 4.78 is 1.26. The maximum absolute atomic E-state index is 12.1. The van der Waals surface area contributed by atoms with Crippen LogP contribution in [0.25, 0.3) is 10.2 Å². The maximum Gasteiger partial charge on any atom is 0.220 e. The fourth-order valence-electron chi connectivity index (χ4n) is 3.59. The van der Waals surface area contributed by atoms with Gasteiger partial charge in [-0.3, -0.25) is 9.69 Å². The molecule has 0 aliphatic carbocycles. The van der Waals surface area contributed by atoms with Crippen molar-refractivity contribution < 1.29 is 4.79 Å². The van der Waals surface area contributed by atoms with Gasteiger partial charge in [0.1, 0.15) is 0 Å². The molecule has 0 bridgehead atoms. The van der Waals surface area contributed by atoms with Crippen LogP contribution in [-0.2, 0) is 4.79 Å². The number of hydrogen-bond acceptors (Lipinski definition) is 6. The van der Waals surface area contributed by atoms with Crippen molar-refractivity contribution in [2.75, 3.05) is 49.9 Å². The lowest BCUT2D eigenvalue weighted by Crippen LogP contribution is -2.48. The molecule has 1 aliphatic rings. The van der Waals surface area contributed by atoms with E-state index in [1.165, 1.54) is 15.2 Å². The Balaban J connectivity index is 1.14. The second-order valence-electron chi connectivity index (χ2n) is 7.51. The molecule has 4 rings (SSSR count). The van der Waals surface area contributed by atoms with Crippen LogP contribution in [-0.4, -0.2) is 60.8 Å². The number of para-hydroxylation sites is 1. The molecule has 1 fully saturated rings. The van der Waals surface area contributed by atoms with E-state index in [1.807, 2.05) is 18.2 Å². The van der Waals surface area contributed by atoms with E-state index in [1.54, 1.807) is 23.1 Å². The summed E-state index contributed by atoms with van der Waals surface area (Å²) in [4.78, 5) is 23.0. The Bertz CT molecular complexity index is 968. The number of nitrogens with one attached hydrogen (secondary N) is 1. The average Bonchev–Trinajstić information content (AvgIpc) is 3.21. The van der Waals surface area contributed by atoms with Gasteiger partial charge < -0.3 is 10.2 Å². The Hall–Kier alpha value is -2.09. The fourth-order valence-corrected chi connectivity index (χ4v) is 5.56. The number of anilines is 1. The van der Waals surface area contributed by atoms with Crippen LogP contribution in [0.15, 0.2) is 53.4 Å². The Morgan fingerprint density at radius 1 is 1.10 bits per heavy atom. The molecule has 158 valence electrons. The highest BCUT2D eigenvalue weighted by Crippen LogP contribution is 2.30. The van der Waals surface area contributed by atoms with Gasteiger partial charge in [0.25, 0.3) is 0 Å². The van der Waals surface area contributed by atoms with Crippen molar-refractivity contribution >= 4 is 44.4 Å². The number of carbonyl (C=O) groups is 1. The molecule has 0 unspecified atom stereocenters. The van der Waals surface area contributed by atoms with Gasteiger partial charge in [-0.1, -0.05) is 41.7 Å². The minimum absolute atomic E-state index is 0.141. The standard InChI is InChI=1S/C23H28N4OS2/c1-18-6-5-9-20-22(18)25-23(30-20)27-15-13-26(14-16-27)12-11-24-21(28)10-17-29-19-7-3-2-4-8-19/h2-9H,10-17H2,1H3,(H,24,28). The number of rotatable bonds is 8. The monoisotopic (exact) mass is 440 g/mol. The third-order valence-corrected chi connectivity index (χ3v) is 7.44. The molecule has 0 atom stereocenters. The maximum atomic E-state index is 12.1. The number of thiazole rings is 1. The second kappa shape index (κ2) is 10.3. The van der Waals surface area contributed by atoms with Crippen molar-refractivity contribution in [3.05, 3.63) is 54.1 Å². The number of fused-ring (bicyclic) bond motifs is 1. The van der Waals surface area contributed by atoms with Gasteiger partial charge in [0.2, 0.25) is 5.91 Å². The van der Waals surface area contributed by atoms with Gasteiger partial charge in [-0.2, -0.15) is 0 Å². The van der Waals surface area contributed by atoms with Gasteiger partial charge in [0, 0.05) is 56.3 Å². The lowest BCUT2D eigenvalue weighted by atomic mass is 10.2. The van der Waals surface area contributed by atoms with Gasteiger partial charge in [0.05, 0.1) is 10.2 Å². The zero-order valence-electron chi connectivity index (χ0n) is 17.3. The molecule has 3 aromatic rings. The SMILES string of the molecule is Cc1cccc2sc(N3CCN(CCNC(=O)CCSc4ccccc4)CC3)nc12. The van der Waals surface area contributed by atoms with E-state index >= 15 is 0 Å². The molecule has 1 N–H and O–H groups in total. The molecule has 2 heterocycles. The summed E-state index contributed by atoms with van der Waals surface area (Å²) in [6, 6.07) is 16.6. The summed E-state index contributed by atoms with van der Waals surface area (Å²) in [5, 5.41) is 4.19. The summed E-state index contributed by atoms with van der Waals surface area (Å²) in [5.74, 6) is 0.956. The zero-order valence-corrected chi connectivity index (χ0v) is 19.0. The van der Waals surface area contributed by atoms with E-state index in [0.29, 0.717) is 6.42 Å². The summed E-state index contributed by atoms with van der Waals surface area (Å²) >= 11 is 3.51. The average molecular weight is 441 g/mol. The van der Waals surface area contributed by atoms with Crippen molar-refractivity contribution in [3.63, 3.8) is 0 Å². The minimum atomic E-state index is 0.141. The van der Waals surface area contributed by atoms with Crippen LogP contribution < -0.4 is 10.2 Å². The summed E-state index contributed by atoms with van der Waals surface area (Å²) in [6.07, 6.45) is 0.560. The number of hydrogen-bond donors (Lipinski definition) is 1. The third kappa shape index (κ3) is 5.53. The molecular weight excluding hydrogens is 412 g/mol. The lowest BCUT2D eigenvalue weighted by molar-refractivity contribution is -0.120. The number of carbonyl (C=O) groups excluding carboxylic acids is 1. The topological polar surface area (TPSA) is 48.5 Å². The molecule has 0 saturated carbocycles. The Labute approximate surface area is 186 Å². The van der Waals surface area contributed by atoms with Crippen molar-refractivity contribution in [1.82, 2.24) is 15.2 Å². The Kier molecular flexibility index (Phi) is 7.25. The predicted octanol–water partition coefficient (Wildman–Crippen LogP) is 4.03. The van der Waals surface area contributed by atoms with Crippen molar-refractivity contribution in [2.45, 2.75) is 18.2 Å². The van der Waals surface area contributed by atoms with Crippen LogP contribution in [0.5, 0.6) is 0 Å². The van der Waals surface area contributed by atoms with Gasteiger partial charge in [-0.25, -0.2) is 4.98 Å². The molecule has 1 amide bonds. The van der Waals surface area contributed by atoms with Crippen LogP contribution in [0.3, 0.4) is 0 Å². The summed E-state index contributed by atoms with van der Waals surface area (Å²) in [7, 11) is 0. The van der Waals surface area contributed by atoms with Crippen LogP contribution in [0.4, 0.5) is 5.13 Å². The summed E-state index contributed by atoms with van der Waals surface area (Å²) in [6.45, 7) is 7.74. The van der Waals surface area contributed by atoms with Crippen molar-refractivity contribution in [1.29, 1.82) is 0 Å². The molecule has 2 aromatic carbocycles. The van der Waals surface area contributed by atoms with Crippen LogP contribution >= 0.6 is 23.1 Å². The number of thioether (sulfide) groups is 1. The van der Waals surface area contributed by atoms with Crippen molar-refractivity contribution in [3.8, 4) is 0 Å². The Morgan fingerprint density at radius 3 is 2.67 bits per heavy atom. The highest BCUT2D eigenvalue weighted by molar-refractivity contribution is 7.99. The zero-order chi connectivity index (χ0) is 20.8. The third-order valence-electron chi connectivity index (χ3n) is 5.34. The normalized spacial score (nSPS) is 14.9. The second-order valence-corrected chi connectivity index (χ2v) is 9.69. The molecule has 1 saturated heterocycles. The molecule has 1 aliphatic heterocycles. The summed E-state index contributed by atoms with van der Waals surface area (Å²) in [5.41, 5.74) is 2.37. The van der Waals surface area contributed by atoms with Crippen LogP contribution in [0.1, 0.15) is 12.0 Å². The number of aryl methyl sites for hydroxylation is 1. The molecule has 5 nitrogen and oxygen atoms in total. The Morgan fingerprint density at radius 2 is 1.90 bits per heavy atom. The first-order valence-corrected chi connectivity index (χ1v) is 12.3. The highest BCUT2D eigenvalue weighted by Gasteiger charge is 2.20. The molecule has 0 radical (unpaired) electrons. The van der Waals surface area contributed by atoms with E-state index in [9.17, 15) is 4.79 Å². The molecule has 30 heavy (non-hydrogen) atoms. The van der Waals surface area contributed by atoms with Gasteiger partial charge in [-0.15, -0.1) is 11.8 Å². The molecule has 1 aromatic heterocycles. The van der Waals surface area contributed by atoms with E-state index in [0.717, 1.165) is 55.7 Å². The van der Waals surface area contributed by atoms with Gasteiger partial charge in [-0.05, 0) is 30.7 Å². The number of benzene rings is 2. The fraction of sp³-hybridized carbons (Fsp3) is 0.391. The van der Waals surface area contributed by atoms with E-state index < -0.39 is 0 Å².